The third-order valence-corrected chi connectivity index (χ3v) is 6.65. The summed E-state index contributed by atoms with van der Waals surface area (Å²) >= 11 is 0. The first-order valence-electron chi connectivity index (χ1n) is 10.8. The minimum absolute atomic E-state index is 0.0385. The van der Waals surface area contributed by atoms with Crippen molar-refractivity contribution in [1.82, 2.24) is 15.5 Å². The van der Waals surface area contributed by atoms with Gasteiger partial charge in [0.2, 0.25) is 5.91 Å². The average molecular weight is 404 g/mol. The van der Waals surface area contributed by atoms with Crippen molar-refractivity contribution in [3.05, 3.63) is 53.7 Å². The Kier molecular flexibility index (Phi) is 5.71. The van der Waals surface area contributed by atoms with Crippen molar-refractivity contribution >= 4 is 22.6 Å². The Morgan fingerprint density at radius 1 is 1.17 bits per heavy atom. The number of carbonyl (C=O) groups is 2. The molecule has 1 aromatic heterocycles. The fourth-order valence-electron chi connectivity index (χ4n) is 4.69. The number of H-pyrrole nitrogens is 1. The Balaban J connectivity index is 1.46. The molecule has 156 valence electrons. The van der Waals surface area contributed by atoms with Crippen molar-refractivity contribution < 1.29 is 9.59 Å². The van der Waals surface area contributed by atoms with Gasteiger partial charge in [-0.25, -0.2) is 0 Å². The van der Waals surface area contributed by atoms with E-state index in [1.807, 2.05) is 50.4 Å². The van der Waals surface area contributed by atoms with Crippen LogP contribution in [0.3, 0.4) is 0 Å². The first-order valence-corrected chi connectivity index (χ1v) is 10.8. The molecule has 3 aromatic rings. The number of aryl methyl sites for hydroxylation is 1. The lowest BCUT2D eigenvalue weighted by Crippen LogP contribution is -2.32. The quantitative estimate of drug-likeness (QED) is 0.566. The van der Waals surface area contributed by atoms with Crippen LogP contribution in [0.1, 0.15) is 55.5 Å². The number of ketones is 1. The molecule has 4 rings (SSSR count). The highest BCUT2D eigenvalue weighted by Gasteiger charge is 2.33. The summed E-state index contributed by atoms with van der Waals surface area (Å²) in [6.45, 7) is 6.00. The molecule has 1 heterocycles. The highest BCUT2D eigenvalue weighted by atomic mass is 16.1. The van der Waals surface area contributed by atoms with E-state index in [-0.39, 0.29) is 23.7 Å². The number of nitrogens with zero attached hydrogens (tertiary/aromatic N) is 1. The Morgan fingerprint density at radius 2 is 1.93 bits per heavy atom. The Hall–Kier alpha value is -2.95. The van der Waals surface area contributed by atoms with Crippen LogP contribution >= 0.6 is 0 Å². The third kappa shape index (κ3) is 3.89. The maximum absolute atomic E-state index is 13.1. The average Bonchev–Trinajstić information content (AvgIpc) is 3.43. The van der Waals surface area contributed by atoms with Gasteiger partial charge in [-0.1, -0.05) is 44.2 Å². The molecule has 0 spiro atoms. The number of carbonyl (C=O) groups excluding carboxylic acids is 2. The van der Waals surface area contributed by atoms with Crippen LogP contribution in [0.25, 0.3) is 22.0 Å². The Labute approximate surface area is 177 Å². The van der Waals surface area contributed by atoms with E-state index in [9.17, 15) is 9.59 Å². The molecular weight excluding hydrogens is 374 g/mol. The second-order valence-electron chi connectivity index (χ2n) is 8.49. The number of rotatable bonds is 6. The Bertz CT molecular complexity index is 1070. The van der Waals surface area contributed by atoms with Crippen molar-refractivity contribution in [2.45, 2.75) is 52.5 Å². The first-order chi connectivity index (χ1) is 14.5. The van der Waals surface area contributed by atoms with Gasteiger partial charge in [-0.2, -0.15) is 5.10 Å². The number of benzene rings is 2. The number of nitrogens with one attached hydrogen (secondary N) is 2. The molecule has 2 N–H and O–H groups in total. The second kappa shape index (κ2) is 8.42. The van der Waals surface area contributed by atoms with E-state index in [1.165, 1.54) is 5.56 Å². The molecule has 1 saturated carbocycles. The van der Waals surface area contributed by atoms with Crippen molar-refractivity contribution in [1.29, 1.82) is 0 Å². The number of Topliss-reactive ketones (excluding diaryl/α,β-unsaturated/α-hetero) is 1. The number of aromatic nitrogens is 2. The van der Waals surface area contributed by atoms with Gasteiger partial charge in [-0.05, 0) is 54.9 Å². The smallest absolute Gasteiger partial charge is 0.219 e. The largest absolute Gasteiger partial charge is 0.353 e. The molecule has 1 aliphatic rings. The second-order valence-corrected chi connectivity index (χ2v) is 8.49. The zero-order chi connectivity index (χ0) is 21.3. The molecule has 0 saturated heterocycles. The van der Waals surface area contributed by atoms with Gasteiger partial charge in [0.25, 0.3) is 0 Å². The molecule has 5 heteroatoms. The van der Waals surface area contributed by atoms with Gasteiger partial charge in [0.05, 0.1) is 11.7 Å². The molecule has 0 radical (unpaired) electrons. The van der Waals surface area contributed by atoms with Crippen molar-refractivity contribution in [3.8, 4) is 11.1 Å². The van der Waals surface area contributed by atoms with E-state index in [1.54, 1.807) is 0 Å². The fourth-order valence-corrected chi connectivity index (χ4v) is 4.69. The Morgan fingerprint density at radius 3 is 2.67 bits per heavy atom. The van der Waals surface area contributed by atoms with Gasteiger partial charge in [-0.15, -0.1) is 0 Å². The normalized spacial score (nSPS) is 19.7. The molecule has 1 amide bonds. The van der Waals surface area contributed by atoms with E-state index in [4.69, 9.17) is 0 Å². The zero-order valence-corrected chi connectivity index (χ0v) is 17.9. The van der Waals surface area contributed by atoms with Gasteiger partial charge in [-0.3, -0.25) is 14.7 Å². The maximum atomic E-state index is 13.1. The van der Waals surface area contributed by atoms with Crippen LogP contribution in [-0.2, 0) is 4.79 Å². The summed E-state index contributed by atoms with van der Waals surface area (Å²) in [5, 5.41) is 11.3. The number of fused-ring (bicyclic) bond motifs is 1. The van der Waals surface area contributed by atoms with Crippen molar-refractivity contribution in [3.63, 3.8) is 0 Å². The summed E-state index contributed by atoms with van der Waals surface area (Å²) in [7, 11) is 0. The maximum Gasteiger partial charge on any atom is 0.219 e. The molecule has 2 aromatic carbocycles. The van der Waals surface area contributed by atoms with Gasteiger partial charge < -0.3 is 5.32 Å². The molecular formula is C25H29N3O2. The lowest BCUT2D eigenvalue weighted by molar-refractivity contribution is -0.121. The highest BCUT2D eigenvalue weighted by molar-refractivity contribution is 5.98. The van der Waals surface area contributed by atoms with Crippen LogP contribution in [0.4, 0.5) is 0 Å². The van der Waals surface area contributed by atoms with Crippen LogP contribution in [0, 0.1) is 18.8 Å². The molecule has 0 bridgehead atoms. The van der Waals surface area contributed by atoms with Crippen LogP contribution < -0.4 is 5.32 Å². The molecule has 3 atom stereocenters. The van der Waals surface area contributed by atoms with E-state index in [0.717, 1.165) is 46.9 Å². The molecule has 1 aliphatic carbocycles. The molecule has 1 unspecified atom stereocenters. The van der Waals surface area contributed by atoms with Gasteiger partial charge in [0.15, 0.2) is 5.78 Å². The summed E-state index contributed by atoms with van der Waals surface area (Å²) in [6.07, 6.45) is 5.20. The summed E-state index contributed by atoms with van der Waals surface area (Å²) in [4.78, 5) is 24.7. The van der Waals surface area contributed by atoms with Crippen molar-refractivity contribution in [2.24, 2.45) is 11.8 Å². The minimum atomic E-state index is -0.0385. The number of hydrogen-bond acceptors (Lipinski definition) is 3. The van der Waals surface area contributed by atoms with Crippen LogP contribution in [0.5, 0.6) is 0 Å². The summed E-state index contributed by atoms with van der Waals surface area (Å²) in [6, 6.07) is 12.3. The molecule has 1 fully saturated rings. The summed E-state index contributed by atoms with van der Waals surface area (Å²) < 4.78 is 0. The SMILES string of the molecule is CCC(=O)N[C@H]1CC[C@@H](C(C)C(=O)c2ccc(-c3ccc4[nH]ncc4c3C)cc2)C1. The predicted molar refractivity (Wildman–Crippen MR) is 119 cm³/mol. The van der Waals surface area contributed by atoms with Crippen LogP contribution in [0.2, 0.25) is 0 Å². The first kappa shape index (κ1) is 20.3. The summed E-state index contributed by atoms with van der Waals surface area (Å²) in [5.74, 6) is 0.573. The minimum Gasteiger partial charge on any atom is -0.353 e. The van der Waals surface area contributed by atoms with E-state index in [0.29, 0.717) is 12.3 Å². The third-order valence-electron chi connectivity index (χ3n) is 6.65. The lowest BCUT2D eigenvalue weighted by atomic mass is 9.85. The van der Waals surface area contributed by atoms with Gasteiger partial charge in [0.1, 0.15) is 0 Å². The summed E-state index contributed by atoms with van der Waals surface area (Å²) in [5.41, 5.74) is 5.22. The highest BCUT2D eigenvalue weighted by Crippen LogP contribution is 2.34. The van der Waals surface area contributed by atoms with Crippen LogP contribution in [0.15, 0.2) is 42.6 Å². The lowest BCUT2D eigenvalue weighted by Gasteiger charge is -2.19. The zero-order valence-electron chi connectivity index (χ0n) is 17.9. The molecule has 0 aliphatic heterocycles. The van der Waals surface area contributed by atoms with Gasteiger partial charge in [0, 0.05) is 29.3 Å². The molecule has 5 nitrogen and oxygen atoms in total. The van der Waals surface area contributed by atoms with Gasteiger partial charge >= 0.3 is 0 Å². The van der Waals surface area contributed by atoms with E-state index < -0.39 is 0 Å². The number of amides is 1. The van der Waals surface area contributed by atoms with Crippen molar-refractivity contribution in [2.75, 3.05) is 0 Å². The number of aromatic amines is 1. The van der Waals surface area contributed by atoms with Crippen LogP contribution in [-0.4, -0.2) is 27.9 Å². The fraction of sp³-hybridized carbons (Fsp3) is 0.400. The topological polar surface area (TPSA) is 74.8 Å². The number of hydrogen-bond donors (Lipinski definition) is 2. The van der Waals surface area contributed by atoms with E-state index in [2.05, 4.69) is 28.5 Å². The monoisotopic (exact) mass is 403 g/mol. The predicted octanol–water partition coefficient (Wildman–Crippen LogP) is 5.05. The molecule has 30 heavy (non-hydrogen) atoms. The van der Waals surface area contributed by atoms with E-state index >= 15 is 0 Å². The standard InChI is InChI=1S/C25H29N3O2/c1-4-24(29)27-20-10-9-19(13-20)15(2)25(30)18-7-5-17(6-8-18)21-11-12-23-22(16(21)3)14-26-28-23/h5-8,11-12,14-15,19-20H,4,9-10,13H2,1-3H3,(H,26,28)(H,27,29)/t15?,19-,20+/m1/s1.